The van der Waals surface area contributed by atoms with Crippen LogP contribution in [0, 0.1) is 19.8 Å². The summed E-state index contributed by atoms with van der Waals surface area (Å²) in [7, 11) is -4.10. The third-order valence-corrected chi connectivity index (χ3v) is 8.77. The lowest BCUT2D eigenvalue weighted by atomic mass is 10.1. The van der Waals surface area contributed by atoms with Crippen LogP contribution in [0.4, 0.5) is 5.69 Å². The van der Waals surface area contributed by atoms with Gasteiger partial charge in [0.1, 0.15) is 12.6 Å². The first kappa shape index (κ1) is 31.2. The molecule has 0 heterocycles. The minimum atomic E-state index is -4.10. The van der Waals surface area contributed by atoms with E-state index in [1.807, 2.05) is 40.7 Å². The van der Waals surface area contributed by atoms with Crippen LogP contribution < -0.4 is 9.62 Å². The Morgan fingerprint density at radius 3 is 2.15 bits per heavy atom. The molecule has 1 unspecified atom stereocenters. The highest BCUT2D eigenvalue weighted by Gasteiger charge is 2.33. The number of aryl methyl sites for hydroxylation is 2. The highest BCUT2D eigenvalue weighted by atomic mass is 35.5. The number of carbonyl (C=O) groups is 2. The molecule has 0 saturated carbocycles. The van der Waals surface area contributed by atoms with Crippen LogP contribution in [0.25, 0.3) is 0 Å². The molecule has 9 heteroatoms. The minimum absolute atomic E-state index is 0.0759. The molecule has 0 aliphatic rings. The molecule has 2 amide bonds. The molecule has 0 aromatic heterocycles. The van der Waals surface area contributed by atoms with Crippen molar-refractivity contribution in [2.45, 2.75) is 58.5 Å². The van der Waals surface area contributed by atoms with Crippen LogP contribution in [0.1, 0.15) is 43.9 Å². The van der Waals surface area contributed by atoms with Crippen LogP contribution in [0.3, 0.4) is 0 Å². The molecule has 0 saturated heterocycles. The van der Waals surface area contributed by atoms with Crippen molar-refractivity contribution in [3.05, 3.63) is 94.5 Å². The first-order valence-electron chi connectivity index (χ1n) is 13.4. The van der Waals surface area contributed by atoms with Gasteiger partial charge < -0.3 is 10.2 Å². The van der Waals surface area contributed by atoms with E-state index in [2.05, 4.69) is 5.32 Å². The van der Waals surface area contributed by atoms with Gasteiger partial charge in [-0.05, 0) is 79.3 Å². The molecule has 3 aromatic carbocycles. The molecular formula is C31H38ClN3O4S. The summed E-state index contributed by atoms with van der Waals surface area (Å²) in [6.45, 7) is 9.78. The summed E-state index contributed by atoms with van der Waals surface area (Å²) in [6, 6.07) is 19.6. The summed E-state index contributed by atoms with van der Waals surface area (Å²) in [5.74, 6) is -0.528. The fourth-order valence-electron chi connectivity index (χ4n) is 4.26. The lowest BCUT2D eigenvalue weighted by molar-refractivity contribution is -0.140. The molecule has 1 N–H and O–H groups in total. The molecule has 0 fully saturated rings. The lowest BCUT2D eigenvalue weighted by Gasteiger charge is -2.33. The van der Waals surface area contributed by atoms with E-state index in [1.165, 1.54) is 17.0 Å². The van der Waals surface area contributed by atoms with Crippen LogP contribution in [0.2, 0.25) is 5.02 Å². The fourth-order valence-corrected chi connectivity index (χ4v) is 5.81. The van der Waals surface area contributed by atoms with Crippen molar-refractivity contribution in [3.8, 4) is 0 Å². The fraction of sp³-hybridized carbons (Fsp3) is 0.355. The van der Waals surface area contributed by atoms with E-state index in [0.29, 0.717) is 23.7 Å². The van der Waals surface area contributed by atoms with Crippen molar-refractivity contribution in [2.75, 3.05) is 17.4 Å². The van der Waals surface area contributed by atoms with Gasteiger partial charge in [-0.2, -0.15) is 0 Å². The van der Waals surface area contributed by atoms with Crippen LogP contribution >= 0.6 is 11.6 Å². The summed E-state index contributed by atoms with van der Waals surface area (Å²) < 4.78 is 28.9. The maximum Gasteiger partial charge on any atom is 0.264 e. The Morgan fingerprint density at radius 2 is 1.57 bits per heavy atom. The number of amides is 2. The quantitative estimate of drug-likeness (QED) is 0.295. The van der Waals surface area contributed by atoms with E-state index < -0.39 is 28.5 Å². The van der Waals surface area contributed by atoms with Crippen LogP contribution in [0.15, 0.2) is 77.7 Å². The van der Waals surface area contributed by atoms with Crippen molar-refractivity contribution in [3.63, 3.8) is 0 Å². The molecule has 3 aromatic rings. The third kappa shape index (κ3) is 7.86. The number of halogens is 1. The molecule has 0 radical (unpaired) electrons. The number of sulfonamides is 1. The average molecular weight is 584 g/mol. The predicted molar refractivity (Wildman–Crippen MR) is 161 cm³/mol. The number of rotatable bonds is 12. The van der Waals surface area contributed by atoms with E-state index in [-0.39, 0.29) is 23.3 Å². The van der Waals surface area contributed by atoms with Gasteiger partial charge in [0.2, 0.25) is 11.8 Å². The normalized spacial score (nSPS) is 12.2. The Hall–Kier alpha value is -3.36. The molecular weight excluding hydrogens is 546 g/mol. The Balaban J connectivity index is 2.05. The minimum Gasteiger partial charge on any atom is -0.354 e. The zero-order valence-electron chi connectivity index (χ0n) is 23.7. The van der Waals surface area contributed by atoms with E-state index in [9.17, 15) is 18.0 Å². The lowest BCUT2D eigenvalue weighted by Crippen LogP contribution is -2.52. The van der Waals surface area contributed by atoms with Crippen LogP contribution in [-0.2, 0) is 26.2 Å². The van der Waals surface area contributed by atoms with Crippen LogP contribution in [0.5, 0.6) is 0 Å². The summed E-state index contributed by atoms with van der Waals surface area (Å²) in [5, 5.41) is 3.49. The number of nitrogens with zero attached hydrogens (tertiary/aromatic N) is 2. The number of benzene rings is 3. The first-order chi connectivity index (χ1) is 18.9. The van der Waals surface area contributed by atoms with E-state index in [4.69, 9.17) is 11.6 Å². The zero-order chi connectivity index (χ0) is 29.4. The molecule has 7 nitrogen and oxygen atoms in total. The van der Waals surface area contributed by atoms with E-state index in [0.717, 1.165) is 21.0 Å². The Labute approximate surface area is 243 Å². The van der Waals surface area contributed by atoms with Gasteiger partial charge in [-0.3, -0.25) is 13.9 Å². The summed E-state index contributed by atoms with van der Waals surface area (Å²) >= 11 is 6.07. The van der Waals surface area contributed by atoms with Crippen LogP contribution in [-0.4, -0.2) is 44.3 Å². The van der Waals surface area contributed by atoms with Gasteiger partial charge in [0.05, 0.1) is 10.6 Å². The number of hydrogen-bond acceptors (Lipinski definition) is 4. The molecule has 0 aliphatic carbocycles. The monoisotopic (exact) mass is 583 g/mol. The highest BCUT2D eigenvalue weighted by molar-refractivity contribution is 7.92. The third-order valence-electron chi connectivity index (χ3n) is 6.73. The predicted octanol–water partition coefficient (Wildman–Crippen LogP) is 5.73. The molecule has 0 bridgehead atoms. The summed E-state index contributed by atoms with van der Waals surface area (Å²) in [5.41, 5.74) is 3.06. The maximum atomic E-state index is 14.1. The maximum absolute atomic E-state index is 14.1. The molecule has 1 atom stereocenters. The van der Waals surface area contributed by atoms with Gasteiger partial charge in [0, 0.05) is 18.1 Å². The Bertz CT molecular complexity index is 1410. The van der Waals surface area contributed by atoms with Gasteiger partial charge >= 0.3 is 0 Å². The zero-order valence-corrected chi connectivity index (χ0v) is 25.3. The van der Waals surface area contributed by atoms with Gasteiger partial charge in [-0.1, -0.05) is 68.8 Å². The standard InChI is InChI=1S/C31H38ClN3O4S/c1-6-29(31(37)33-19-22(2)3)34(20-25-13-15-26(32)16-14-25)30(36)21-35(27-17-12-23(4)24(5)18-27)40(38,39)28-10-8-7-9-11-28/h7-18,22,29H,6,19-21H2,1-5H3,(H,33,37). The SMILES string of the molecule is CCC(C(=O)NCC(C)C)N(Cc1ccc(Cl)cc1)C(=O)CN(c1ccc(C)c(C)c1)S(=O)(=O)c1ccccc1. The molecule has 214 valence electrons. The Kier molecular flexibility index (Phi) is 10.8. The molecule has 3 rings (SSSR count). The van der Waals surface area contributed by atoms with Crippen molar-refractivity contribution in [2.24, 2.45) is 5.92 Å². The van der Waals surface area contributed by atoms with Crippen molar-refractivity contribution >= 4 is 39.1 Å². The molecule has 40 heavy (non-hydrogen) atoms. The second kappa shape index (κ2) is 13.8. The first-order valence-corrected chi connectivity index (χ1v) is 15.2. The largest absolute Gasteiger partial charge is 0.354 e. The topological polar surface area (TPSA) is 86.8 Å². The second-order valence-corrected chi connectivity index (χ2v) is 12.6. The van der Waals surface area contributed by atoms with Gasteiger partial charge in [-0.15, -0.1) is 0 Å². The number of hydrogen-bond donors (Lipinski definition) is 1. The second-order valence-electron chi connectivity index (χ2n) is 10.3. The van der Waals surface area contributed by atoms with Crippen molar-refractivity contribution in [1.29, 1.82) is 0 Å². The number of nitrogens with one attached hydrogen (secondary N) is 1. The van der Waals surface area contributed by atoms with Crippen molar-refractivity contribution in [1.82, 2.24) is 10.2 Å². The van der Waals surface area contributed by atoms with E-state index in [1.54, 1.807) is 54.6 Å². The Morgan fingerprint density at radius 1 is 0.925 bits per heavy atom. The van der Waals surface area contributed by atoms with Gasteiger partial charge in [-0.25, -0.2) is 8.42 Å². The smallest absolute Gasteiger partial charge is 0.264 e. The van der Waals surface area contributed by atoms with E-state index >= 15 is 0 Å². The molecule has 0 spiro atoms. The van der Waals surface area contributed by atoms with Crippen molar-refractivity contribution < 1.29 is 18.0 Å². The van der Waals surface area contributed by atoms with Gasteiger partial charge in [0.25, 0.3) is 10.0 Å². The highest BCUT2D eigenvalue weighted by Crippen LogP contribution is 2.27. The summed E-state index contributed by atoms with van der Waals surface area (Å²) in [6.07, 6.45) is 0.359. The average Bonchev–Trinajstić information content (AvgIpc) is 2.93. The van der Waals surface area contributed by atoms with Gasteiger partial charge in [0.15, 0.2) is 0 Å². The number of anilines is 1. The summed E-state index contributed by atoms with van der Waals surface area (Å²) in [4.78, 5) is 28.9. The number of carbonyl (C=O) groups excluding carboxylic acids is 2. The molecule has 0 aliphatic heterocycles.